The molecule has 0 saturated carbocycles. The summed E-state index contributed by atoms with van der Waals surface area (Å²) in [4.78, 5) is 34.7. The van der Waals surface area contributed by atoms with Crippen molar-refractivity contribution in [2.75, 3.05) is 33.9 Å². The molecule has 0 spiro atoms. The molecular weight excluding hydrogens is 370 g/mol. The van der Waals surface area contributed by atoms with Gasteiger partial charge in [0, 0.05) is 37.6 Å². The largest absolute Gasteiger partial charge is 0.341 e. The maximum Gasteiger partial charge on any atom is 0.235 e. The zero-order chi connectivity index (χ0) is 20.6. The second-order valence-electron chi connectivity index (χ2n) is 6.06. The first kappa shape index (κ1) is 19.9. The van der Waals surface area contributed by atoms with E-state index in [1.54, 1.807) is 24.4 Å². The van der Waals surface area contributed by atoms with Crippen LogP contribution in [0, 0.1) is 0 Å². The molecule has 0 aliphatic carbocycles. The molecule has 0 saturated heterocycles. The van der Waals surface area contributed by atoms with Gasteiger partial charge in [0.05, 0.1) is 0 Å². The van der Waals surface area contributed by atoms with Crippen molar-refractivity contribution in [3.63, 3.8) is 0 Å². The van der Waals surface area contributed by atoms with Gasteiger partial charge in [0.1, 0.15) is 12.1 Å². The van der Waals surface area contributed by atoms with E-state index in [0.29, 0.717) is 29.4 Å². The lowest BCUT2D eigenvalue weighted by Crippen LogP contribution is -2.25. The van der Waals surface area contributed by atoms with Gasteiger partial charge in [-0.15, -0.1) is 0 Å². The summed E-state index contributed by atoms with van der Waals surface area (Å²) in [5, 5.41) is 8.99. The lowest BCUT2D eigenvalue weighted by molar-refractivity contribution is -0.114. The van der Waals surface area contributed by atoms with Gasteiger partial charge in [-0.05, 0) is 44.2 Å². The first-order chi connectivity index (χ1) is 14.1. The Kier molecular flexibility index (Phi) is 6.46. The summed E-state index contributed by atoms with van der Waals surface area (Å²) in [5.41, 5.74) is 1.50. The second-order valence-corrected chi connectivity index (χ2v) is 6.06. The standard InChI is InChI=1S/C19H23N9O/c1-4-28(5-2)19-26-17(23-15-8-6-14(7-9-15)22-13(3)29)25-18(27-19)24-16-10-11-20-12-21-16/h6-12H,4-5H2,1-3H3,(H,22,29)(H2,20,21,23,24,25,26,27). The average molecular weight is 393 g/mol. The first-order valence-corrected chi connectivity index (χ1v) is 9.26. The number of hydrogen-bond donors (Lipinski definition) is 3. The number of benzene rings is 1. The van der Waals surface area contributed by atoms with Crippen LogP contribution in [0.25, 0.3) is 0 Å². The van der Waals surface area contributed by atoms with Crippen LogP contribution in [0.3, 0.4) is 0 Å². The molecule has 10 heteroatoms. The van der Waals surface area contributed by atoms with Gasteiger partial charge in [0.25, 0.3) is 0 Å². The van der Waals surface area contributed by atoms with Crippen molar-refractivity contribution in [3.05, 3.63) is 42.9 Å². The maximum absolute atomic E-state index is 11.2. The first-order valence-electron chi connectivity index (χ1n) is 9.26. The number of anilines is 6. The number of nitrogens with zero attached hydrogens (tertiary/aromatic N) is 6. The third-order valence-corrected chi connectivity index (χ3v) is 3.95. The molecule has 0 unspecified atom stereocenters. The summed E-state index contributed by atoms with van der Waals surface area (Å²) < 4.78 is 0. The van der Waals surface area contributed by atoms with Crippen molar-refractivity contribution in [3.8, 4) is 0 Å². The van der Waals surface area contributed by atoms with Gasteiger partial charge in [0.15, 0.2) is 0 Å². The molecule has 3 aromatic rings. The van der Waals surface area contributed by atoms with Crippen LogP contribution in [0.5, 0.6) is 0 Å². The van der Waals surface area contributed by atoms with Gasteiger partial charge in [-0.1, -0.05) is 0 Å². The van der Waals surface area contributed by atoms with Crippen LogP contribution in [0.2, 0.25) is 0 Å². The zero-order valence-electron chi connectivity index (χ0n) is 16.5. The highest BCUT2D eigenvalue weighted by atomic mass is 16.1. The zero-order valence-corrected chi connectivity index (χ0v) is 16.5. The van der Waals surface area contributed by atoms with Crippen molar-refractivity contribution in [2.24, 2.45) is 0 Å². The summed E-state index contributed by atoms with van der Waals surface area (Å²) >= 11 is 0. The number of hydrogen-bond acceptors (Lipinski definition) is 9. The maximum atomic E-state index is 11.2. The molecular formula is C19H23N9O. The molecule has 2 heterocycles. The molecule has 29 heavy (non-hydrogen) atoms. The summed E-state index contributed by atoms with van der Waals surface area (Å²) in [7, 11) is 0. The number of nitrogens with one attached hydrogen (secondary N) is 3. The van der Waals surface area contributed by atoms with Gasteiger partial charge in [-0.25, -0.2) is 9.97 Å². The van der Waals surface area contributed by atoms with E-state index in [1.807, 2.05) is 30.9 Å². The number of carbonyl (C=O) groups excluding carboxylic acids is 1. The van der Waals surface area contributed by atoms with Gasteiger partial charge in [-0.3, -0.25) is 4.79 Å². The topological polar surface area (TPSA) is 121 Å². The number of rotatable bonds is 8. The molecule has 150 valence electrons. The van der Waals surface area contributed by atoms with Gasteiger partial charge in [-0.2, -0.15) is 15.0 Å². The molecule has 0 bridgehead atoms. The summed E-state index contributed by atoms with van der Waals surface area (Å²) in [6, 6.07) is 9.01. The fraction of sp³-hybridized carbons (Fsp3) is 0.263. The van der Waals surface area contributed by atoms with E-state index in [0.717, 1.165) is 18.8 Å². The highest BCUT2D eigenvalue weighted by Crippen LogP contribution is 2.20. The molecule has 1 amide bonds. The van der Waals surface area contributed by atoms with E-state index in [-0.39, 0.29) is 5.91 Å². The van der Waals surface area contributed by atoms with Crippen LogP contribution in [0.1, 0.15) is 20.8 Å². The van der Waals surface area contributed by atoms with Crippen LogP contribution in [-0.4, -0.2) is 43.9 Å². The van der Waals surface area contributed by atoms with Crippen LogP contribution in [-0.2, 0) is 4.79 Å². The number of amides is 1. The fourth-order valence-electron chi connectivity index (χ4n) is 2.57. The monoisotopic (exact) mass is 393 g/mol. The van der Waals surface area contributed by atoms with E-state index >= 15 is 0 Å². The Morgan fingerprint density at radius 3 is 2.17 bits per heavy atom. The molecule has 0 radical (unpaired) electrons. The predicted molar refractivity (Wildman–Crippen MR) is 113 cm³/mol. The average Bonchev–Trinajstić information content (AvgIpc) is 2.71. The Hall–Kier alpha value is -3.82. The lowest BCUT2D eigenvalue weighted by Gasteiger charge is -2.19. The normalized spacial score (nSPS) is 10.3. The molecule has 10 nitrogen and oxygen atoms in total. The minimum absolute atomic E-state index is 0.118. The summed E-state index contributed by atoms with van der Waals surface area (Å²) in [5.74, 6) is 1.79. The third kappa shape index (κ3) is 5.58. The Morgan fingerprint density at radius 2 is 1.59 bits per heavy atom. The minimum atomic E-state index is -0.118. The van der Waals surface area contributed by atoms with Gasteiger partial charge < -0.3 is 20.9 Å². The minimum Gasteiger partial charge on any atom is -0.341 e. The lowest BCUT2D eigenvalue weighted by atomic mass is 10.3. The summed E-state index contributed by atoms with van der Waals surface area (Å²) in [6.45, 7) is 7.08. The quantitative estimate of drug-likeness (QED) is 0.530. The summed E-state index contributed by atoms with van der Waals surface area (Å²) in [6.07, 6.45) is 3.09. The Morgan fingerprint density at radius 1 is 0.931 bits per heavy atom. The van der Waals surface area contributed by atoms with Crippen LogP contribution in [0.15, 0.2) is 42.9 Å². The molecule has 1 aromatic carbocycles. The van der Waals surface area contributed by atoms with Crippen molar-refractivity contribution in [1.82, 2.24) is 24.9 Å². The molecule has 0 fully saturated rings. The SMILES string of the molecule is CCN(CC)c1nc(Nc2ccc(NC(C)=O)cc2)nc(Nc2ccncn2)n1. The van der Waals surface area contributed by atoms with E-state index in [2.05, 4.69) is 40.9 Å². The highest BCUT2D eigenvalue weighted by Gasteiger charge is 2.12. The smallest absolute Gasteiger partial charge is 0.235 e. The van der Waals surface area contributed by atoms with Gasteiger partial charge >= 0.3 is 0 Å². The van der Waals surface area contributed by atoms with Crippen molar-refractivity contribution >= 4 is 40.9 Å². The molecule has 0 aliphatic heterocycles. The fourth-order valence-corrected chi connectivity index (χ4v) is 2.57. The van der Waals surface area contributed by atoms with Crippen molar-refractivity contribution in [1.29, 1.82) is 0 Å². The Labute approximate surface area is 168 Å². The molecule has 0 atom stereocenters. The molecule has 0 aliphatic rings. The van der Waals surface area contributed by atoms with Crippen molar-refractivity contribution < 1.29 is 4.79 Å². The molecule has 3 rings (SSSR count). The van der Waals surface area contributed by atoms with Crippen LogP contribution >= 0.6 is 0 Å². The highest BCUT2D eigenvalue weighted by molar-refractivity contribution is 5.88. The van der Waals surface area contributed by atoms with E-state index in [9.17, 15) is 4.79 Å². The predicted octanol–water partition coefficient (Wildman–Crippen LogP) is 2.95. The number of carbonyl (C=O) groups is 1. The van der Waals surface area contributed by atoms with Crippen molar-refractivity contribution in [2.45, 2.75) is 20.8 Å². The van der Waals surface area contributed by atoms with E-state index in [1.165, 1.54) is 13.3 Å². The second kappa shape index (κ2) is 9.40. The molecule has 3 N–H and O–H groups in total. The third-order valence-electron chi connectivity index (χ3n) is 3.95. The van der Waals surface area contributed by atoms with E-state index in [4.69, 9.17) is 0 Å². The number of aromatic nitrogens is 5. The Balaban J connectivity index is 1.87. The van der Waals surface area contributed by atoms with Gasteiger partial charge in [0.2, 0.25) is 23.8 Å². The van der Waals surface area contributed by atoms with Crippen LogP contribution in [0.4, 0.5) is 35.0 Å². The Bertz CT molecular complexity index is 944. The van der Waals surface area contributed by atoms with Crippen LogP contribution < -0.4 is 20.9 Å². The molecule has 2 aromatic heterocycles. The van der Waals surface area contributed by atoms with E-state index < -0.39 is 0 Å².